The lowest BCUT2D eigenvalue weighted by atomic mass is 9.97. The van der Waals surface area contributed by atoms with Crippen molar-refractivity contribution in [3.8, 4) is 0 Å². The van der Waals surface area contributed by atoms with E-state index >= 15 is 0 Å². The second-order valence-corrected chi connectivity index (χ2v) is 12.9. The Bertz CT molecular complexity index is 1560. The minimum absolute atomic E-state index is 0.143. The smallest absolute Gasteiger partial charge is 0.187 e. The minimum atomic E-state index is -1.51. The van der Waals surface area contributed by atoms with Gasteiger partial charge in [-0.1, -0.05) is 121 Å². The Hall–Kier alpha value is -3.56. The van der Waals surface area contributed by atoms with Crippen molar-refractivity contribution in [2.75, 3.05) is 20.3 Å². The highest BCUT2D eigenvalue weighted by atomic mass is 16.7. The van der Waals surface area contributed by atoms with Crippen LogP contribution in [0.3, 0.4) is 0 Å². The summed E-state index contributed by atoms with van der Waals surface area (Å²) in [5, 5.41) is 31.7. The van der Waals surface area contributed by atoms with Gasteiger partial charge in [0.1, 0.15) is 48.8 Å². The van der Waals surface area contributed by atoms with Gasteiger partial charge in [-0.05, 0) is 22.3 Å². The van der Waals surface area contributed by atoms with E-state index in [0.29, 0.717) is 6.61 Å². The molecule has 2 aliphatic rings. The quantitative estimate of drug-likeness (QED) is 0.146. The first-order chi connectivity index (χ1) is 25.5. The van der Waals surface area contributed by atoms with Crippen molar-refractivity contribution >= 4 is 0 Å². The summed E-state index contributed by atoms with van der Waals surface area (Å²) in [6.07, 6.45) is -10.5. The summed E-state index contributed by atoms with van der Waals surface area (Å²) in [7, 11) is 1.35. The lowest BCUT2D eigenvalue weighted by Crippen LogP contribution is -2.63. The highest BCUT2D eigenvalue weighted by molar-refractivity contribution is 5.16. The number of benzene rings is 4. The van der Waals surface area contributed by atoms with Gasteiger partial charge in [-0.3, -0.25) is 0 Å². The zero-order valence-electron chi connectivity index (χ0n) is 29.2. The lowest BCUT2D eigenvalue weighted by molar-refractivity contribution is -0.343. The Balaban J connectivity index is 1.30. The van der Waals surface area contributed by atoms with Gasteiger partial charge in [0, 0.05) is 7.11 Å². The highest BCUT2D eigenvalue weighted by Crippen LogP contribution is 2.32. The third kappa shape index (κ3) is 10.3. The number of aliphatic hydroxyl groups excluding tert-OH is 3. The van der Waals surface area contributed by atoms with Gasteiger partial charge in [-0.15, -0.1) is 0 Å². The number of hydrogen-bond acceptors (Lipinski definition) is 11. The lowest BCUT2D eigenvalue weighted by Gasteiger charge is -2.46. The maximum atomic E-state index is 10.8. The molecule has 2 heterocycles. The number of hydrogen-bond donors (Lipinski definition) is 3. The Morgan fingerprint density at radius 2 is 0.885 bits per heavy atom. The molecular weight excluding hydrogens is 668 g/mol. The Morgan fingerprint density at radius 1 is 0.442 bits per heavy atom. The summed E-state index contributed by atoms with van der Waals surface area (Å²) in [5.41, 5.74) is 3.88. The molecule has 10 atom stereocenters. The van der Waals surface area contributed by atoms with Crippen molar-refractivity contribution in [3.05, 3.63) is 144 Å². The largest absolute Gasteiger partial charge is 0.387 e. The Morgan fingerprint density at radius 3 is 1.38 bits per heavy atom. The summed E-state index contributed by atoms with van der Waals surface area (Å²) >= 11 is 0. The van der Waals surface area contributed by atoms with Gasteiger partial charge >= 0.3 is 0 Å². The predicted molar refractivity (Wildman–Crippen MR) is 189 cm³/mol. The molecule has 0 amide bonds. The number of rotatable bonds is 17. The Labute approximate surface area is 304 Å². The van der Waals surface area contributed by atoms with Crippen LogP contribution in [-0.4, -0.2) is 97.1 Å². The minimum Gasteiger partial charge on any atom is -0.387 e. The Kier molecular flexibility index (Phi) is 14.3. The molecule has 4 aromatic carbocycles. The molecule has 11 heteroatoms. The van der Waals surface area contributed by atoms with Crippen LogP contribution in [0.15, 0.2) is 121 Å². The van der Waals surface area contributed by atoms with E-state index in [1.165, 1.54) is 7.11 Å². The summed E-state index contributed by atoms with van der Waals surface area (Å²) in [4.78, 5) is 0. The standard InChI is InChI=1S/C41H48O11/c1-45-40-36(44)35(43)34(42)32(51-40)27-50-41-39(49-25-31-20-12-5-13-21-31)38(48-24-30-18-10-4-11-19-30)37(47-23-29-16-8-3-9-17-29)33(52-41)26-46-22-28-14-6-2-7-15-28/h2-21,32-44H,22-27H2,1H3. The van der Waals surface area contributed by atoms with E-state index in [1.807, 2.05) is 121 Å². The van der Waals surface area contributed by atoms with Crippen molar-refractivity contribution in [1.82, 2.24) is 0 Å². The summed E-state index contributed by atoms with van der Waals surface area (Å²) < 4.78 is 50.3. The molecule has 6 rings (SSSR count). The molecule has 0 aliphatic carbocycles. The first kappa shape index (κ1) is 38.2. The average molecular weight is 717 g/mol. The van der Waals surface area contributed by atoms with Crippen molar-refractivity contribution in [1.29, 1.82) is 0 Å². The van der Waals surface area contributed by atoms with Crippen molar-refractivity contribution < 1.29 is 53.2 Å². The van der Waals surface area contributed by atoms with Crippen LogP contribution in [0.4, 0.5) is 0 Å². The zero-order valence-corrected chi connectivity index (χ0v) is 29.2. The molecule has 3 N–H and O–H groups in total. The molecule has 0 bridgehead atoms. The van der Waals surface area contributed by atoms with Crippen molar-refractivity contribution in [2.24, 2.45) is 0 Å². The molecule has 278 valence electrons. The van der Waals surface area contributed by atoms with E-state index in [2.05, 4.69) is 0 Å². The van der Waals surface area contributed by atoms with Crippen molar-refractivity contribution in [3.63, 3.8) is 0 Å². The second-order valence-electron chi connectivity index (χ2n) is 12.9. The van der Waals surface area contributed by atoms with Gasteiger partial charge < -0.3 is 53.2 Å². The zero-order chi connectivity index (χ0) is 36.1. The van der Waals surface area contributed by atoms with Crippen LogP contribution in [0.2, 0.25) is 0 Å². The van der Waals surface area contributed by atoms with Crippen molar-refractivity contribution in [2.45, 2.75) is 87.8 Å². The van der Waals surface area contributed by atoms with Crippen LogP contribution >= 0.6 is 0 Å². The van der Waals surface area contributed by atoms with Gasteiger partial charge in [-0.25, -0.2) is 0 Å². The predicted octanol–water partition coefficient (Wildman–Crippen LogP) is 4.15. The van der Waals surface area contributed by atoms with Crippen LogP contribution in [0.25, 0.3) is 0 Å². The number of methoxy groups -OCH3 is 1. The fourth-order valence-corrected chi connectivity index (χ4v) is 6.32. The average Bonchev–Trinajstić information content (AvgIpc) is 3.19. The summed E-state index contributed by atoms with van der Waals surface area (Å²) in [6, 6.07) is 39.3. The molecule has 11 nitrogen and oxygen atoms in total. The number of ether oxygens (including phenoxy) is 8. The number of aliphatic hydroxyl groups is 3. The molecule has 52 heavy (non-hydrogen) atoms. The van der Waals surface area contributed by atoms with E-state index < -0.39 is 61.4 Å². The summed E-state index contributed by atoms with van der Waals surface area (Å²) in [6.45, 7) is 1.04. The summed E-state index contributed by atoms with van der Waals surface area (Å²) in [5.74, 6) is 0. The van der Waals surface area contributed by atoms with Gasteiger partial charge in [0.05, 0.1) is 39.6 Å². The van der Waals surface area contributed by atoms with Gasteiger partial charge in [0.2, 0.25) is 0 Å². The normalized spacial score (nSPS) is 29.2. The maximum Gasteiger partial charge on any atom is 0.187 e. The van der Waals surface area contributed by atoms with Crippen LogP contribution in [0, 0.1) is 0 Å². The van der Waals surface area contributed by atoms with Gasteiger partial charge in [0.25, 0.3) is 0 Å². The third-order valence-corrected chi connectivity index (χ3v) is 9.17. The van der Waals surface area contributed by atoms with Crippen LogP contribution in [0.5, 0.6) is 0 Å². The van der Waals surface area contributed by atoms with E-state index in [-0.39, 0.29) is 33.0 Å². The molecule has 0 saturated carbocycles. The fourth-order valence-electron chi connectivity index (χ4n) is 6.32. The molecule has 4 aromatic rings. The van der Waals surface area contributed by atoms with Gasteiger partial charge in [-0.2, -0.15) is 0 Å². The SMILES string of the molecule is COC1OC(COC2OC(COCc3ccccc3)C(OCc3ccccc3)C(OCc3ccccc3)C2OCc2ccccc2)C(O)C(O)C1O. The topological polar surface area (TPSA) is 135 Å². The van der Waals surface area contributed by atoms with E-state index in [9.17, 15) is 15.3 Å². The second kappa shape index (κ2) is 19.5. The van der Waals surface area contributed by atoms with E-state index in [4.69, 9.17) is 37.9 Å². The molecule has 2 aliphatic heterocycles. The van der Waals surface area contributed by atoms with Crippen LogP contribution < -0.4 is 0 Å². The molecule has 2 saturated heterocycles. The third-order valence-electron chi connectivity index (χ3n) is 9.17. The fraction of sp³-hybridized carbons (Fsp3) is 0.415. The molecular formula is C41H48O11. The van der Waals surface area contributed by atoms with E-state index in [0.717, 1.165) is 22.3 Å². The first-order valence-electron chi connectivity index (χ1n) is 17.6. The van der Waals surface area contributed by atoms with Crippen LogP contribution in [0.1, 0.15) is 22.3 Å². The molecule has 2 fully saturated rings. The molecule has 0 aromatic heterocycles. The first-order valence-corrected chi connectivity index (χ1v) is 17.6. The maximum absolute atomic E-state index is 10.8. The molecule has 0 radical (unpaired) electrons. The highest BCUT2D eigenvalue weighted by Gasteiger charge is 2.50. The van der Waals surface area contributed by atoms with Gasteiger partial charge in [0.15, 0.2) is 12.6 Å². The van der Waals surface area contributed by atoms with Crippen LogP contribution in [-0.2, 0) is 64.3 Å². The molecule has 10 unspecified atom stereocenters. The monoisotopic (exact) mass is 716 g/mol. The molecule has 0 spiro atoms. The van der Waals surface area contributed by atoms with E-state index in [1.54, 1.807) is 0 Å².